The third kappa shape index (κ3) is 3.29. The largest absolute Gasteiger partial charge is 0.492 e. The Morgan fingerprint density at radius 3 is 2.18 bits per heavy atom. The molecule has 0 fully saturated rings. The Hall–Kier alpha value is -3.39. The number of benzene rings is 2. The minimum atomic E-state index is -0.412. The first-order chi connectivity index (χ1) is 13.4. The number of aromatic nitrogens is 3. The summed E-state index contributed by atoms with van der Waals surface area (Å²) in [5, 5.41) is 28.4. The number of fused-ring (bicyclic) bond motifs is 1. The van der Waals surface area contributed by atoms with Crippen LogP contribution in [0.1, 0.15) is 17.0 Å². The first-order valence-corrected chi connectivity index (χ1v) is 9.39. The molecule has 2 aromatic carbocycles. The molecule has 0 radical (unpaired) electrons. The van der Waals surface area contributed by atoms with Gasteiger partial charge in [-0.05, 0) is 62.2 Å². The van der Waals surface area contributed by atoms with Crippen LogP contribution in [0.2, 0.25) is 0 Å². The molecule has 0 saturated carbocycles. The van der Waals surface area contributed by atoms with Crippen molar-refractivity contribution in [1.29, 1.82) is 0 Å². The van der Waals surface area contributed by atoms with Crippen LogP contribution < -0.4 is 0 Å². The van der Waals surface area contributed by atoms with Crippen molar-refractivity contribution in [2.24, 2.45) is 10.2 Å². The molecule has 140 valence electrons. The molecule has 7 nitrogen and oxygen atoms in total. The van der Waals surface area contributed by atoms with E-state index in [2.05, 4.69) is 40.1 Å². The number of aryl methyl sites for hydroxylation is 3. The van der Waals surface area contributed by atoms with Crippen LogP contribution in [0.15, 0.2) is 46.6 Å². The van der Waals surface area contributed by atoms with E-state index in [4.69, 9.17) is 4.98 Å². The maximum Gasteiger partial charge on any atom is 0.246 e. The SMILES string of the molecule is Cc1nc(O)c(/N=N/c2ccc(-c3nc4ccc(C)c(C)c4s3)cc2)c(O)n1. The zero-order chi connectivity index (χ0) is 19.8. The highest BCUT2D eigenvalue weighted by Crippen LogP contribution is 2.35. The van der Waals surface area contributed by atoms with Gasteiger partial charge >= 0.3 is 0 Å². The molecule has 0 saturated heterocycles. The molecule has 8 heteroatoms. The van der Waals surface area contributed by atoms with Crippen LogP contribution in [0.25, 0.3) is 20.8 Å². The van der Waals surface area contributed by atoms with Crippen molar-refractivity contribution in [2.75, 3.05) is 0 Å². The summed E-state index contributed by atoms with van der Waals surface area (Å²) < 4.78 is 1.20. The minimum Gasteiger partial charge on any atom is -0.492 e. The predicted octanol–water partition coefficient (Wildman–Crippen LogP) is 5.51. The van der Waals surface area contributed by atoms with Gasteiger partial charge in [-0.2, -0.15) is 15.1 Å². The lowest BCUT2D eigenvalue weighted by Crippen LogP contribution is -1.87. The van der Waals surface area contributed by atoms with Gasteiger partial charge in [-0.15, -0.1) is 16.5 Å². The lowest BCUT2D eigenvalue weighted by Gasteiger charge is -2.01. The summed E-state index contributed by atoms with van der Waals surface area (Å²) >= 11 is 1.66. The van der Waals surface area contributed by atoms with Crippen molar-refractivity contribution in [3.05, 3.63) is 53.3 Å². The zero-order valence-corrected chi connectivity index (χ0v) is 16.3. The molecular formula is C20H17N5O2S. The Balaban J connectivity index is 1.62. The number of azo groups is 1. The molecule has 2 N–H and O–H groups in total. The second-order valence-corrected chi connectivity index (χ2v) is 7.39. The molecular weight excluding hydrogens is 374 g/mol. The van der Waals surface area contributed by atoms with Crippen molar-refractivity contribution < 1.29 is 10.2 Å². The zero-order valence-electron chi connectivity index (χ0n) is 15.5. The average molecular weight is 391 g/mol. The Morgan fingerprint density at radius 1 is 0.821 bits per heavy atom. The molecule has 2 aromatic heterocycles. The molecule has 0 atom stereocenters. The summed E-state index contributed by atoms with van der Waals surface area (Å²) in [5.74, 6) is -0.574. The average Bonchev–Trinajstić information content (AvgIpc) is 3.09. The van der Waals surface area contributed by atoms with Gasteiger partial charge in [-0.1, -0.05) is 6.07 Å². The van der Waals surface area contributed by atoms with E-state index in [1.807, 2.05) is 18.2 Å². The number of thiazole rings is 1. The third-order valence-electron chi connectivity index (χ3n) is 4.42. The normalized spacial score (nSPS) is 11.5. The van der Waals surface area contributed by atoms with E-state index >= 15 is 0 Å². The second-order valence-electron chi connectivity index (χ2n) is 6.39. The van der Waals surface area contributed by atoms with Crippen LogP contribution in [0.3, 0.4) is 0 Å². The Kier molecular flexibility index (Phi) is 4.48. The van der Waals surface area contributed by atoms with E-state index < -0.39 is 11.8 Å². The molecule has 2 heterocycles. The van der Waals surface area contributed by atoms with E-state index in [1.165, 1.54) is 15.8 Å². The van der Waals surface area contributed by atoms with Gasteiger partial charge in [-0.25, -0.2) is 4.98 Å². The van der Waals surface area contributed by atoms with Crippen LogP contribution in [-0.2, 0) is 0 Å². The molecule has 0 spiro atoms. The summed E-state index contributed by atoms with van der Waals surface area (Å²) in [6.07, 6.45) is 0. The van der Waals surface area contributed by atoms with E-state index in [1.54, 1.807) is 30.4 Å². The monoisotopic (exact) mass is 391 g/mol. The first kappa shape index (κ1) is 18.0. The van der Waals surface area contributed by atoms with E-state index in [0.717, 1.165) is 16.1 Å². The fourth-order valence-corrected chi connectivity index (χ4v) is 3.87. The second kappa shape index (κ2) is 6.97. The van der Waals surface area contributed by atoms with Gasteiger partial charge in [0.25, 0.3) is 0 Å². The molecule has 0 amide bonds. The highest BCUT2D eigenvalue weighted by molar-refractivity contribution is 7.21. The highest BCUT2D eigenvalue weighted by atomic mass is 32.1. The van der Waals surface area contributed by atoms with Gasteiger partial charge in [0.15, 0.2) is 0 Å². The molecule has 0 aliphatic heterocycles. The summed E-state index contributed by atoms with van der Waals surface area (Å²) in [6, 6.07) is 11.6. The summed E-state index contributed by atoms with van der Waals surface area (Å²) in [4.78, 5) is 12.2. The summed E-state index contributed by atoms with van der Waals surface area (Å²) in [5.41, 5.74) is 4.90. The van der Waals surface area contributed by atoms with E-state index in [0.29, 0.717) is 5.69 Å². The number of hydrogen-bond acceptors (Lipinski definition) is 8. The van der Waals surface area contributed by atoms with E-state index in [9.17, 15) is 10.2 Å². The Labute approximate surface area is 165 Å². The van der Waals surface area contributed by atoms with Gasteiger partial charge in [0.1, 0.15) is 10.8 Å². The number of rotatable bonds is 3. The maximum atomic E-state index is 9.78. The number of aromatic hydroxyl groups is 2. The predicted molar refractivity (Wildman–Crippen MR) is 109 cm³/mol. The van der Waals surface area contributed by atoms with Crippen molar-refractivity contribution in [3.63, 3.8) is 0 Å². The Morgan fingerprint density at radius 2 is 1.50 bits per heavy atom. The topological polar surface area (TPSA) is 104 Å². The fraction of sp³-hybridized carbons (Fsp3) is 0.150. The minimum absolute atomic E-state index is 0.160. The van der Waals surface area contributed by atoms with Crippen molar-refractivity contribution in [1.82, 2.24) is 15.0 Å². The molecule has 4 rings (SSSR count). The van der Waals surface area contributed by atoms with Crippen LogP contribution in [-0.4, -0.2) is 25.2 Å². The van der Waals surface area contributed by atoms with Gasteiger partial charge < -0.3 is 10.2 Å². The van der Waals surface area contributed by atoms with Gasteiger partial charge in [0.2, 0.25) is 17.4 Å². The molecule has 28 heavy (non-hydrogen) atoms. The number of hydrogen-bond donors (Lipinski definition) is 2. The quantitative estimate of drug-likeness (QED) is 0.448. The van der Waals surface area contributed by atoms with Crippen LogP contribution >= 0.6 is 11.3 Å². The molecule has 0 aliphatic carbocycles. The van der Waals surface area contributed by atoms with Crippen LogP contribution in [0.4, 0.5) is 11.4 Å². The van der Waals surface area contributed by atoms with Crippen molar-refractivity contribution >= 4 is 32.9 Å². The number of nitrogens with zero attached hydrogens (tertiary/aromatic N) is 5. The molecule has 0 bridgehead atoms. The standard InChI is InChI=1S/C20H17N5O2S/c1-10-4-9-15-17(11(10)2)28-20(23-15)13-5-7-14(8-6-13)24-25-16-18(26)21-12(3)22-19(16)27/h4-9H,1-3H3,(H2,21,22,26,27)/b25-24+. The Bertz CT molecular complexity index is 1190. The van der Waals surface area contributed by atoms with E-state index in [-0.39, 0.29) is 11.5 Å². The lowest BCUT2D eigenvalue weighted by atomic mass is 10.1. The maximum absolute atomic E-state index is 9.78. The third-order valence-corrected chi connectivity index (χ3v) is 5.66. The van der Waals surface area contributed by atoms with Gasteiger partial charge in [0.05, 0.1) is 15.9 Å². The smallest absolute Gasteiger partial charge is 0.246 e. The highest BCUT2D eigenvalue weighted by Gasteiger charge is 2.12. The van der Waals surface area contributed by atoms with Crippen LogP contribution in [0.5, 0.6) is 11.8 Å². The van der Waals surface area contributed by atoms with Crippen molar-refractivity contribution in [2.45, 2.75) is 20.8 Å². The molecule has 0 unspecified atom stereocenters. The lowest BCUT2D eigenvalue weighted by molar-refractivity contribution is 0.421. The summed E-state index contributed by atoms with van der Waals surface area (Å²) in [6.45, 7) is 5.77. The summed E-state index contributed by atoms with van der Waals surface area (Å²) in [7, 11) is 0. The fourth-order valence-electron chi connectivity index (χ4n) is 2.75. The van der Waals surface area contributed by atoms with Crippen LogP contribution in [0, 0.1) is 20.8 Å². The first-order valence-electron chi connectivity index (χ1n) is 8.58. The van der Waals surface area contributed by atoms with Gasteiger partial charge in [0, 0.05) is 5.56 Å². The van der Waals surface area contributed by atoms with Gasteiger partial charge in [-0.3, -0.25) is 0 Å². The molecule has 4 aromatic rings. The van der Waals surface area contributed by atoms with Crippen molar-refractivity contribution in [3.8, 4) is 22.3 Å². The molecule has 0 aliphatic rings.